The monoisotopic (exact) mass is 362 g/mol. The number of anilines is 1. The number of guanidine groups is 1. The SMILES string of the molecule is CCNC(=NCC(=O)Nc1ccc(F)cc1)NCC(C)(O)c1ccco1. The molecule has 1 atom stereocenters. The van der Waals surface area contributed by atoms with Gasteiger partial charge in [-0.05, 0) is 50.2 Å². The van der Waals surface area contributed by atoms with Crippen molar-refractivity contribution in [2.75, 3.05) is 25.0 Å². The predicted octanol–water partition coefficient (Wildman–Crippen LogP) is 1.82. The normalized spacial score (nSPS) is 13.8. The molecule has 1 aromatic heterocycles. The van der Waals surface area contributed by atoms with Crippen molar-refractivity contribution in [3.63, 3.8) is 0 Å². The van der Waals surface area contributed by atoms with Crippen molar-refractivity contribution >= 4 is 17.6 Å². The van der Waals surface area contributed by atoms with Crippen LogP contribution in [0, 0.1) is 5.82 Å². The maximum atomic E-state index is 12.9. The molecule has 140 valence electrons. The van der Waals surface area contributed by atoms with Crippen molar-refractivity contribution in [3.8, 4) is 0 Å². The number of aliphatic imine (C=N–C) groups is 1. The molecule has 1 amide bonds. The van der Waals surface area contributed by atoms with Gasteiger partial charge in [-0.2, -0.15) is 0 Å². The molecule has 26 heavy (non-hydrogen) atoms. The zero-order chi connectivity index (χ0) is 19.0. The van der Waals surface area contributed by atoms with E-state index in [2.05, 4.69) is 20.9 Å². The zero-order valence-electron chi connectivity index (χ0n) is 14.8. The molecule has 0 bridgehead atoms. The lowest BCUT2D eigenvalue weighted by molar-refractivity contribution is -0.114. The van der Waals surface area contributed by atoms with Crippen molar-refractivity contribution in [1.82, 2.24) is 10.6 Å². The Morgan fingerprint density at radius 3 is 2.62 bits per heavy atom. The average molecular weight is 362 g/mol. The van der Waals surface area contributed by atoms with Gasteiger partial charge in [0.1, 0.15) is 23.7 Å². The lowest BCUT2D eigenvalue weighted by Crippen LogP contribution is -2.44. The van der Waals surface area contributed by atoms with Gasteiger partial charge >= 0.3 is 0 Å². The predicted molar refractivity (Wildman–Crippen MR) is 97.3 cm³/mol. The Morgan fingerprint density at radius 2 is 2.00 bits per heavy atom. The zero-order valence-corrected chi connectivity index (χ0v) is 14.8. The molecule has 0 spiro atoms. The molecular formula is C18H23FN4O3. The molecule has 2 aromatic rings. The van der Waals surface area contributed by atoms with E-state index in [1.54, 1.807) is 19.1 Å². The smallest absolute Gasteiger partial charge is 0.246 e. The number of aliphatic hydroxyl groups is 1. The topological polar surface area (TPSA) is 98.9 Å². The van der Waals surface area contributed by atoms with E-state index in [-0.39, 0.29) is 24.8 Å². The van der Waals surface area contributed by atoms with Gasteiger partial charge in [-0.25, -0.2) is 9.38 Å². The van der Waals surface area contributed by atoms with E-state index in [0.29, 0.717) is 24.0 Å². The van der Waals surface area contributed by atoms with E-state index in [9.17, 15) is 14.3 Å². The summed E-state index contributed by atoms with van der Waals surface area (Å²) in [7, 11) is 0. The summed E-state index contributed by atoms with van der Waals surface area (Å²) in [6.45, 7) is 4.11. The summed E-state index contributed by atoms with van der Waals surface area (Å²) >= 11 is 0. The molecule has 1 unspecified atom stereocenters. The molecule has 0 fully saturated rings. The third-order valence-electron chi connectivity index (χ3n) is 3.51. The molecule has 1 aromatic carbocycles. The number of nitrogens with one attached hydrogen (secondary N) is 3. The number of benzene rings is 1. The second-order valence-electron chi connectivity index (χ2n) is 5.85. The van der Waals surface area contributed by atoms with Crippen LogP contribution in [-0.2, 0) is 10.4 Å². The number of amides is 1. The van der Waals surface area contributed by atoms with Crippen molar-refractivity contribution in [2.24, 2.45) is 4.99 Å². The molecule has 0 radical (unpaired) electrons. The fourth-order valence-electron chi connectivity index (χ4n) is 2.15. The number of hydrogen-bond acceptors (Lipinski definition) is 4. The van der Waals surface area contributed by atoms with Crippen LogP contribution < -0.4 is 16.0 Å². The van der Waals surface area contributed by atoms with Gasteiger partial charge in [-0.15, -0.1) is 0 Å². The highest BCUT2D eigenvalue weighted by Gasteiger charge is 2.26. The van der Waals surface area contributed by atoms with Gasteiger partial charge < -0.3 is 25.5 Å². The molecule has 2 rings (SSSR count). The molecule has 7 nitrogen and oxygen atoms in total. The fraction of sp³-hybridized carbons (Fsp3) is 0.333. The standard InChI is InChI=1S/C18H23FN4O3/c1-3-20-17(22-12-18(2,25)15-5-4-10-26-15)21-11-16(24)23-14-8-6-13(19)7-9-14/h4-10,25H,3,11-12H2,1-2H3,(H,23,24)(H2,20,21,22). The van der Waals surface area contributed by atoms with E-state index >= 15 is 0 Å². The molecule has 0 aliphatic carbocycles. The average Bonchev–Trinajstić information content (AvgIpc) is 3.15. The number of hydrogen-bond donors (Lipinski definition) is 4. The van der Waals surface area contributed by atoms with Gasteiger partial charge in [0.2, 0.25) is 5.91 Å². The summed E-state index contributed by atoms with van der Waals surface area (Å²) in [5.41, 5.74) is -0.735. The van der Waals surface area contributed by atoms with Crippen LogP contribution in [0.5, 0.6) is 0 Å². The maximum Gasteiger partial charge on any atom is 0.246 e. The van der Waals surface area contributed by atoms with Crippen LogP contribution in [0.4, 0.5) is 10.1 Å². The van der Waals surface area contributed by atoms with E-state index < -0.39 is 5.60 Å². The first-order valence-corrected chi connectivity index (χ1v) is 8.24. The second kappa shape index (κ2) is 9.00. The van der Waals surface area contributed by atoms with Gasteiger partial charge in [0.15, 0.2) is 5.96 Å². The molecule has 0 saturated carbocycles. The lowest BCUT2D eigenvalue weighted by atomic mass is 10.0. The highest BCUT2D eigenvalue weighted by atomic mass is 19.1. The molecule has 0 aliphatic rings. The van der Waals surface area contributed by atoms with Gasteiger partial charge in [-0.3, -0.25) is 4.79 Å². The minimum atomic E-state index is -1.23. The van der Waals surface area contributed by atoms with E-state index in [4.69, 9.17) is 4.42 Å². The number of carbonyl (C=O) groups excluding carboxylic acids is 1. The Kier molecular flexibility index (Phi) is 6.74. The lowest BCUT2D eigenvalue weighted by Gasteiger charge is -2.22. The van der Waals surface area contributed by atoms with Crippen LogP contribution in [0.3, 0.4) is 0 Å². The summed E-state index contributed by atoms with van der Waals surface area (Å²) < 4.78 is 18.1. The van der Waals surface area contributed by atoms with E-state index in [0.717, 1.165) is 0 Å². The highest BCUT2D eigenvalue weighted by molar-refractivity contribution is 5.94. The largest absolute Gasteiger partial charge is 0.466 e. The minimum absolute atomic E-state index is 0.129. The van der Waals surface area contributed by atoms with Crippen molar-refractivity contribution < 1.29 is 18.7 Å². The number of furan rings is 1. The number of halogens is 1. The first kappa shape index (κ1) is 19.5. The Balaban J connectivity index is 1.91. The second-order valence-corrected chi connectivity index (χ2v) is 5.85. The van der Waals surface area contributed by atoms with Gasteiger partial charge in [0.05, 0.1) is 12.8 Å². The Labute approximate surface area is 151 Å². The number of nitrogens with zero attached hydrogens (tertiary/aromatic N) is 1. The highest BCUT2D eigenvalue weighted by Crippen LogP contribution is 2.19. The summed E-state index contributed by atoms with van der Waals surface area (Å²) in [5, 5.41) is 19.0. The molecule has 1 heterocycles. The number of carbonyl (C=O) groups is 1. The fourth-order valence-corrected chi connectivity index (χ4v) is 2.15. The molecule has 8 heteroatoms. The minimum Gasteiger partial charge on any atom is -0.466 e. The summed E-state index contributed by atoms with van der Waals surface area (Å²) in [5.74, 6) is 0.0957. The molecule has 4 N–H and O–H groups in total. The van der Waals surface area contributed by atoms with Crippen LogP contribution >= 0.6 is 0 Å². The first-order chi connectivity index (χ1) is 12.4. The van der Waals surface area contributed by atoms with Crippen LogP contribution in [0.1, 0.15) is 19.6 Å². The van der Waals surface area contributed by atoms with Crippen LogP contribution in [0.15, 0.2) is 52.1 Å². The molecular weight excluding hydrogens is 339 g/mol. The van der Waals surface area contributed by atoms with Crippen LogP contribution in [0.2, 0.25) is 0 Å². The molecule has 0 aliphatic heterocycles. The van der Waals surface area contributed by atoms with Crippen molar-refractivity contribution in [1.29, 1.82) is 0 Å². The van der Waals surface area contributed by atoms with E-state index in [1.165, 1.54) is 30.5 Å². The van der Waals surface area contributed by atoms with Crippen LogP contribution in [-0.4, -0.2) is 36.6 Å². The van der Waals surface area contributed by atoms with E-state index in [1.807, 2.05) is 6.92 Å². The third kappa shape index (κ3) is 5.89. The molecule has 0 saturated heterocycles. The quantitative estimate of drug-likeness (QED) is 0.445. The third-order valence-corrected chi connectivity index (χ3v) is 3.51. The summed E-state index contributed by atoms with van der Waals surface area (Å²) in [6.07, 6.45) is 1.49. The van der Waals surface area contributed by atoms with Crippen molar-refractivity contribution in [3.05, 3.63) is 54.2 Å². The van der Waals surface area contributed by atoms with Crippen molar-refractivity contribution in [2.45, 2.75) is 19.4 Å². The van der Waals surface area contributed by atoms with Gasteiger partial charge in [0.25, 0.3) is 0 Å². The van der Waals surface area contributed by atoms with Crippen LogP contribution in [0.25, 0.3) is 0 Å². The Bertz CT molecular complexity index is 727. The first-order valence-electron chi connectivity index (χ1n) is 8.24. The Morgan fingerprint density at radius 1 is 1.27 bits per heavy atom. The maximum absolute atomic E-state index is 12.9. The van der Waals surface area contributed by atoms with Gasteiger partial charge in [0, 0.05) is 12.2 Å². The Hall–Kier alpha value is -2.87. The number of rotatable bonds is 7. The summed E-state index contributed by atoms with van der Waals surface area (Å²) in [6, 6.07) is 8.86. The van der Waals surface area contributed by atoms with Gasteiger partial charge in [-0.1, -0.05) is 0 Å². The summed E-state index contributed by atoms with van der Waals surface area (Å²) in [4.78, 5) is 16.1.